The van der Waals surface area contributed by atoms with Crippen LogP contribution in [-0.4, -0.2) is 44.1 Å². The molecule has 1 N–H and O–H groups in total. The molecule has 1 aromatic carbocycles. The van der Waals surface area contributed by atoms with Crippen LogP contribution in [0.1, 0.15) is 23.0 Å². The summed E-state index contributed by atoms with van der Waals surface area (Å²) in [6.45, 7) is 5.34. The Balaban J connectivity index is 1.57. The largest absolute Gasteiger partial charge is 0.497 e. The van der Waals surface area contributed by atoms with Crippen LogP contribution in [0.15, 0.2) is 48.8 Å². The van der Waals surface area contributed by atoms with E-state index in [9.17, 15) is 4.79 Å². The van der Waals surface area contributed by atoms with Gasteiger partial charge in [0.2, 0.25) is 0 Å². The second-order valence-corrected chi connectivity index (χ2v) is 7.78. The number of ether oxygens (including phenoxy) is 1. The minimum atomic E-state index is -0.140. The average Bonchev–Trinajstić information content (AvgIpc) is 3.36. The zero-order chi connectivity index (χ0) is 22.0. The standard InChI is InChI=1S/C23H26N6O2/c1-15(14-29-10-9-16(2)27-29)12-24-23(30)19-11-21(17-5-7-18(31-4)8-6-17)26-22-20(19)13-25-28(22)3/h5-11,13,15H,12,14H2,1-4H3,(H,24,30). The molecule has 8 heteroatoms. The number of nitrogens with one attached hydrogen (secondary N) is 1. The molecule has 3 heterocycles. The molecule has 0 saturated heterocycles. The van der Waals surface area contributed by atoms with Crippen LogP contribution in [-0.2, 0) is 13.6 Å². The lowest BCUT2D eigenvalue weighted by Gasteiger charge is -2.14. The molecule has 1 amide bonds. The maximum absolute atomic E-state index is 13.1. The summed E-state index contributed by atoms with van der Waals surface area (Å²) in [5, 5.41) is 12.5. The Morgan fingerprint density at radius 1 is 1.23 bits per heavy atom. The van der Waals surface area contributed by atoms with Crippen LogP contribution >= 0.6 is 0 Å². The molecule has 160 valence electrons. The second kappa shape index (κ2) is 8.59. The topological polar surface area (TPSA) is 86.9 Å². The molecular weight excluding hydrogens is 392 g/mol. The van der Waals surface area contributed by atoms with Crippen LogP contribution in [0.2, 0.25) is 0 Å². The number of hydrogen-bond acceptors (Lipinski definition) is 5. The van der Waals surface area contributed by atoms with E-state index in [1.807, 2.05) is 61.2 Å². The van der Waals surface area contributed by atoms with E-state index >= 15 is 0 Å². The highest BCUT2D eigenvalue weighted by Crippen LogP contribution is 2.26. The highest BCUT2D eigenvalue weighted by atomic mass is 16.5. The number of methoxy groups -OCH3 is 1. The SMILES string of the molecule is COc1ccc(-c2cc(C(=O)NCC(C)Cn3ccc(C)n3)c3cnn(C)c3n2)cc1. The summed E-state index contributed by atoms with van der Waals surface area (Å²) in [5.74, 6) is 0.860. The summed E-state index contributed by atoms with van der Waals surface area (Å²) in [6, 6.07) is 11.4. The lowest BCUT2D eigenvalue weighted by Crippen LogP contribution is -2.30. The smallest absolute Gasteiger partial charge is 0.252 e. The molecule has 0 aliphatic heterocycles. The Morgan fingerprint density at radius 3 is 2.68 bits per heavy atom. The van der Waals surface area contributed by atoms with E-state index in [2.05, 4.69) is 22.4 Å². The molecule has 1 unspecified atom stereocenters. The quantitative estimate of drug-likeness (QED) is 0.498. The minimum absolute atomic E-state index is 0.140. The van der Waals surface area contributed by atoms with Crippen molar-refractivity contribution in [1.29, 1.82) is 0 Å². The lowest BCUT2D eigenvalue weighted by atomic mass is 10.1. The van der Waals surface area contributed by atoms with Gasteiger partial charge in [-0.3, -0.25) is 14.2 Å². The highest BCUT2D eigenvalue weighted by molar-refractivity contribution is 6.06. The Morgan fingerprint density at radius 2 is 2.00 bits per heavy atom. The summed E-state index contributed by atoms with van der Waals surface area (Å²) >= 11 is 0. The van der Waals surface area contributed by atoms with Gasteiger partial charge in [0.1, 0.15) is 5.75 Å². The van der Waals surface area contributed by atoms with Crippen LogP contribution in [0.4, 0.5) is 0 Å². The molecule has 0 radical (unpaired) electrons. The summed E-state index contributed by atoms with van der Waals surface area (Å²) in [4.78, 5) is 17.8. The predicted octanol–water partition coefficient (Wildman–Crippen LogP) is 3.21. The first-order chi connectivity index (χ1) is 14.9. The highest BCUT2D eigenvalue weighted by Gasteiger charge is 2.17. The lowest BCUT2D eigenvalue weighted by molar-refractivity contribution is 0.0948. The number of aryl methyl sites for hydroxylation is 2. The van der Waals surface area contributed by atoms with Crippen LogP contribution in [0.5, 0.6) is 5.75 Å². The molecule has 0 aliphatic rings. The third-order valence-corrected chi connectivity index (χ3v) is 5.22. The van der Waals surface area contributed by atoms with E-state index < -0.39 is 0 Å². The predicted molar refractivity (Wildman–Crippen MR) is 119 cm³/mol. The number of hydrogen-bond donors (Lipinski definition) is 1. The van der Waals surface area contributed by atoms with Crippen molar-refractivity contribution in [2.75, 3.05) is 13.7 Å². The Kier molecular flexibility index (Phi) is 5.70. The molecule has 0 spiro atoms. The number of carbonyl (C=O) groups is 1. The molecule has 4 rings (SSSR count). The van der Waals surface area contributed by atoms with E-state index in [-0.39, 0.29) is 11.8 Å². The van der Waals surface area contributed by atoms with E-state index in [0.29, 0.717) is 23.4 Å². The zero-order valence-corrected chi connectivity index (χ0v) is 18.2. The van der Waals surface area contributed by atoms with Gasteiger partial charge in [-0.15, -0.1) is 0 Å². The summed E-state index contributed by atoms with van der Waals surface area (Å²) < 4.78 is 8.82. The Bertz CT molecular complexity index is 1210. The van der Waals surface area contributed by atoms with Crippen LogP contribution < -0.4 is 10.1 Å². The van der Waals surface area contributed by atoms with Crippen molar-refractivity contribution in [1.82, 2.24) is 29.9 Å². The molecule has 31 heavy (non-hydrogen) atoms. The fraction of sp³-hybridized carbons (Fsp3) is 0.304. The van der Waals surface area contributed by atoms with Crippen molar-refractivity contribution in [3.8, 4) is 17.0 Å². The first-order valence-corrected chi connectivity index (χ1v) is 10.2. The van der Waals surface area contributed by atoms with Crippen molar-refractivity contribution < 1.29 is 9.53 Å². The van der Waals surface area contributed by atoms with Gasteiger partial charge < -0.3 is 10.1 Å². The van der Waals surface area contributed by atoms with E-state index in [1.54, 1.807) is 18.0 Å². The number of benzene rings is 1. The van der Waals surface area contributed by atoms with Gasteiger partial charge in [-0.05, 0) is 49.2 Å². The number of rotatable bonds is 7. The minimum Gasteiger partial charge on any atom is -0.497 e. The van der Waals surface area contributed by atoms with Crippen molar-refractivity contribution in [3.63, 3.8) is 0 Å². The van der Waals surface area contributed by atoms with Gasteiger partial charge in [0.15, 0.2) is 5.65 Å². The summed E-state index contributed by atoms with van der Waals surface area (Å²) in [6.07, 6.45) is 3.64. The molecule has 0 fully saturated rings. The summed E-state index contributed by atoms with van der Waals surface area (Å²) in [7, 11) is 3.45. The number of pyridine rings is 1. The number of amides is 1. The van der Waals surface area contributed by atoms with Gasteiger partial charge in [0.25, 0.3) is 5.91 Å². The first kappa shape index (κ1) is 20.6. The van der Waals surface area contributed by atoms with Crippen LogP contribution in [0.3, 0.4) is 0 Å². The van der Waals surface area contributed by atoms with Crippen molar-refractivity contribution in [3.05, 3.63) is 60.0 Å². The maximum Gasteiger partial charge on any atom is 0.252 e. The van der Waals surface area contributed by atoms with Gasteiger partial charge >= 0.3 is 0 Å². The fourth-order valence-electron chi connectivity index (χ4n) is 3.52. The van der Waals surface area contributed by atoms with Crippen molar-refractivity contribution in [2.24, 2.45) is 13.0 Å². The molecule has 8 nitrogen and oxygen atoms in total. The van der Waals surface area contributed by atoms with Gasteiger partial charge in [0.05, 0.1) is 35.6 Å². The normalized spacial score (nSPS) is 12.1. The Labute approximate surface area is 180 Å². The molecule has 1 atom stereocenters. The molecule has 4 aromatic rings. The third kappa shape index (κ3) is 4.42. The monoisotopic (exact) mass is 418 g/mol. The van der Waals surface area contributed by atoms with Crippen LogP contribution in [0, 0.1) is 12.8 Å². The number of carbonyl (C=O) groups excluding carboxylic acids is 1. The molecule has 0 aliphatic carbocycles. The van der Waals surface area contributed by atoms with Gasteiger partial charge in [-0.1, -0.05) is 6.92 Å². The third-order valence-electron chi connectivity index (χ3n) is 5.22. The molecular formula is C23H26N6O2. The fourth-order valence-corrected chi connectivity index (χ4v) is 3.52. The van der Waals surface area contributed by atoms with Crippen molar-refractivity contribution in [2.45, 2.75) is 20.4 Å². The van der Waals surface area contributed by atoms with E-state index in [4.69, 9.17) is 9.72 Å². The van der Waals surface area contributed by atoms with Gasteiger partial charge in [0, 0.05) is 31.9 Å². The molecule has 3 aromatic heterocycles. The van der Waals surface area contributed by atoms with E-state index in [1.165, 1.54) is 0 Å². The number of fused-ring (bicyclic) bond motifs is 1. The zero-order valence-electron chi connectivity index (χ0n) is 18.2. The average molecular weight is 419 g/mol. The maximum atomic E-state index is 13.1. The molecule has 0 bridgehead atoms. The van der Waals surface area contributed by atoms with Crippen LogP contribution in [0.25, 0.3) is 22.3 Å². The first-order valence-electron chi connectivity index (χ1n) is 10.2. The Hall–Kier alpha value is -3.68. The second-order valence-electron chi connectivity index (χ2n) is 7.78. The van der Waals surface area contributed by atoms with Gasteiger partial charge in [-0.2, -0.15) is 10.2 Å². The van der Waals surface area contributed by atoms with Crippen molar-refractivity contribution >= 4 is 16.9 Å². The number of aromatic nitrogens is 5. The van der Waals surface area contributed by atoms with E-state index in [0.717, 1.165) is 28.9 Å². The molecule has 0 saturated carbocycles. The summed E-state index contributed by atoms with van der Waals surface area (Å²) in [5.41, 5.74) is 3.83. The number of nitrogens with zero attached hydrogens (tertiary/aromatic N) is 5. The van der Waals surface area contributed by atoms with Gasteiger partial charge in [-0.25, -0.2) is 4.98 Å².